The van der Waals surface area contributed by atoms with Gasteiger partial charge in [-0.05, 0) is 51.0 Å². The standard InChI is InChI=1S/C17H12BrNO4/c18-15-8-7-14(23-15)17(21)22-10-16(20)19-13-6-5-11-3-1-2-4-12(11)9-13/h1-9H,10H2,(H,19,20). The lowest BCUT2D eigenvalue weighted by Gasteiger charge is -2.07. The van der Waals surface area contributed by atoms with E-state index in [0.29, 0.717) is 10.4 Å². The van der Waals surface area contributed by atoms with Crippen LogP contribution in [0, 0.1) is 0 Å². The number of rotatable bonds is 4. The molecule has 116 valence electrons. The minimum absolute atomic E-state index is 0.0374. The summed E-state index contributed by atoms with van der Waals surface area (Å²) in [7, 11) is 0. The summed E-state index contributed by atoms with van der Waals surface area (Å²) in [5, 5.41) is 4.79. The minimum atomic E-state index is -0.690. The van der Waals surface area contributed by atoms with Crippen LogP contribution in [0.2, 0.25) is 0 Å². The number of fused-ring (bicyclic) bond motifs is 1. The Morgan fingerprint density at radius 1 is 1.04 bits per heavy atom. The molecule has 0 radical (unpaired) electrons. The van der Waals surface area contributed by atoms with E-state index in [-0.39, 0.29) is 12.4 Å². The van der Waals surface area contributed by atoms with Gasteiger partial charge in [0.05, 0.1) is 0 Å². The number of anilines is 1. The number of hydrogen-bond donors (Lipinski definition) is 1. The van der Waals surface area contributed by atoms with Gasteiger partial charge in [-0.25, -0.2) is 4.79 Å². The van der Waals surface area contributed by atoms with Crippen molar-refractivity contribution in [1.29, 1.82) is 0 Å². The molecule has 0 unspecified atom stereocenters. The van der Waals surface area contributed by atoms with E-state index in [2.05, 4.69) is 21.2 Å². The van der Waals surface area contributed by atoms with Crippen molar-refractivity contribution in [1.82, 2.24) is 0 Å². The average molecular weight is 374 g/mol. The Balaban J connectivity index is 1.59. The summed E-state index contributed by atoms with van der Waals surface area (Å²) in [5.41, 5.74) is 0.644. The highest BCUT2D eigenvalue weighted by molar-refractivity contribution is 9.10. The van der Waals surface area contributed by atoms with Gasteiger partial charge in [-0.3, -0.25) is 4.79 Å². The number of carbonyl (C=O) groups is 2. The molecule has 0 aliphatic heterocycles. The fourth-order valence-electron chi connectivity index (χ4n) is 2.09. The summed E-state index contributed by atoms with van der Waals surface area (Å²) in [6.45, 7) is -0.385. The Kier molecular flexibility index (Phi) is 4.43. The van der Waals surface area contributed by atoms with Gasteiger partial charge in [0.15, 0.2) is 11.3 Å². The number of amides is 1. The van der Waals surface area contributed by atoms with Gasteiger partial charge in [-0.15, -0.1) is 0 Å². The monoisotopic (exact) mass is 373 g/mol. The maximum Gasteiger partial charge on any atom is 0.374 e. The molecule has 0 saturated carbocycles. The third kappa shape index (κ3) is 3.78. The number of hydrogen-bond acceptors (Lipinski definition) is 4. The maximum atomic E-state index is 11.9. The zero-order chi connectivity index (χ0) is 16.2. The smallest absolute Gasteiger partial charge is 0.374 e. The van der Waals surface area contributed by atoms with E-state index in [1.54, 1.807) is 12.1 Å². The normalized spacial score (nSPS) is 10.5. The molecular formula is C17H12BrNO4. The van der Waals surface area contributed by atoms with Crippen LogP contribution < -0.4 is 5.32 Å². The first kappa shape index (κ1) is 15.3. The molecule has 1 N–H and O–H groups in total. The van der Waals surface area contributed by atoms with Gasteiger partial charge < -0.3 is 14.5 Å². The van der Waals surface area contributed by atoms with Crippen LogP contribution in [0.15, 0.2) is 63.7 Å². The molecule has 0 aliphatic rings. The summed E-state index contributed by atoms with van der Waals surface area (Å²) >= 11 is 3.09. The van der Waals surface area contributed by atoms with E-state index in [9.17, 15) is 9.59 Å². The molecule has 0 spiro atoms. The van der Waals surface area contributed by atoms with Crippen molar-refractivity contribution in [2.24, 2.45) is 0 Å². The summed E-state index contributed by atoms with van der Waals surface area (Å²) in [6.07, 6.45) is 0. The number of esters is 1. The lowest BCUT2D eigenvalue weighted by atomic mass is 10.1. The third-order valence-electron chi connectivity index (χ3n) is 3.14. The Labute approximate surface area is 140 Å². The lowest BCUT2D eigenvalue weighted by molar-refractivity contribution is -0.119. The topological polar surface area (TPSA) is 68.5 Å². The number of halogens is 1. The highest BCUT2D eigenvalue weighted by atomic mass is 79.9. The number of nitrogens with one attached hydrogen (secondary N) is 1. The van der Waals surface area contributed by atoms with Gasteiger partial charge in [0.1, 0.15) is 0 Å². The van der Waals surface area contributed by atoms with Crippen LogP contribution in [-0.2, 0) is 9.53 Å². The predicted molar refractivity (Wildman–Crippen MR) is 89.3 cm³/mol. The van der Waals surface area contributed by atoms with Crippen molar-refractivity contribution in [2.75, 3.05) is 11.9 Å². The zero-order valence-corrected chi connectivity index (χ0v) is 13.5. The zero-order valence-electron chi connectivity index (χ0n) is 11.9. The fraction of sp³-hybridized carbons (Fsp3) is 0.0588. The summed E-state index contributed by atoms with van der Waals surface area (Å²) in [4.78, 5) is 23.5. The second kappa shape index (κ2) is 6.66. The van der Waals surface area contributed by atoms with Gasteiger partial charge in [-0.1, -0.05) is 30.3 Å². The van der Waals surface area contributed by atoms with Crippen molar-refractivity contribution in [3.63, 3.8) is 0 Å². The molecule has 1 amide bonds. The molecular weight excluding hydrogens is 362 g/mol. The molecule has 2 aromatic carbocycles. The van der Waals surface area contributed by atoms with Gasteiger partial charge in [-0.2, -0.15) is 0 Å². The van der Waals surface area contributed by atoms with E-state index < -0.39 is 11.9 Å². The third-order valence-corrected chi connectivity index (χ3v) is 3.57. The van der Waals surface area contributed by atoms with Crippen LogP contribution in [0.4, 0.5) is 5.69 Å². The minimum Gasteiger partial charge on any atom is -0.450 e. The first-order valence-electron chi connectivity index (χ1n) is 6.83. The maximum absolute atomic E-state index is 11.9. The van der Waals surface area contributed by atoms with E-state index >= 15 is 0 Å². The molecule has 23 heavy (non-hydrogen) atoms. The quantitative estimate of drug-likeness (QED) is 0.702. The highest BCUT2D eigenvalue weighted by Crippen LogP contribution is 2.19. The highest BCUT2D eigenvalue weighted by Gasteiger charge is 2.14. The first-order chi connectivity index (χ1) is 11.1. The molecule has 6 heteroatoms. The van der Waals surface area contributed by atoms with Crippen LogP contribution >= 0.6 is 15.9 Å². The molecule has 0 atom stereocenters. The van der Waals surface area contributed by atoms with Gasteiger partial charge in [0.25, 0.3) is 5.91 Å². The fourth-order valence-corrected chi connectivity index (χ4v) is 2.40. The van der Waals surface area contributed by atoms with Crippen LogP contribution in [0.1, 0.15) is 10.6 Å². The van der Waals surface area contributed by atoms with Crippen molar-refractivity contribution < 1.29 is 18.7 Å². The Bertz CT molecular complexity index is 872. The number of benzene rings is 2. The van der Waals surface area contributed by atoms with Gasteiger partial charge in [0, 0.05) is 5.69 Å². The van der Waals surface area contributed by atoms with Gasteiger partial charge >= 0.3 is 5.97 Å². The molecule has 0 fully saturated rings. The first-order valence-corrected chi connectivity index (χ1v) is 7.62. The van der Waals surface area contributed by atoms with Crippen molar-refractivity contribution >= 4 is 44.3 Å². The molecule has 1 aromatic heterocycles. The van der Waals surface area contributed by atoms with E-state index in [1.165, 1.54) is 6.07 Å². The number of furan rings is 1. The van der Waals surface area contributed by atoms with Crippen LogP contribution in [-0.4, -0.2) is 18.5 Å². The van der Waals surface area contributed by atoms with Gasteiger partial charge in [0.2, 0.25) is 5.76 Å². The molecule has 1 heterocycles. The molecule has 0 aliphatic carbocycles. The largest absolute Gasteiger partial charge is 0.450 e. The van der Waals surface area contributed by atoms with E-state index in [4.69, 9.17) is 9.15 Å². The van der Waals surface area contributed by atoms with Crippen LogP contribution in [0.5, 0.6) is 0 Å². The summed E-state index contributed by atoms with van der Waals surface area (Å²) in [6, 6.07) is 16.4. The Morgan fingerprint density at radius 3 is 2.57 bits per heavy atom. The van der Waals surface area contributed by atoms with Crippen LogP contribution in [0.25, 0.3) is 10.8 Å². The number of ether oxygens (including phenoxy) is 1. The lowest BCUT2D eigenvalue weighted by Crippen LogP contribution is -2.20. The van der Waals surface area contributed by atoms with Crippen LogP contribution in [0.3, 0.4) is 0 Å². The predicted octanol–water partition coefficient (Wildman–Crippen LogP) is 3.99. The Hall–Kier alpha value is -2.60. The number of carbonyl (C=O) groups excluding carboxylic acids is 2. The van der Waals surface area contributed by atoms with Crippen molar-refractivity contribution in [3.8, 4) is 0 Å². The molecule has 5 nitrogen and oxygen atoms in total. The SMILES string of the molecule is O=C(COC(=O)c1ccc(Br)o1)Nc1ccc2ccccc2c1. The Morgan fingerprint density at radius 2 is 1.83 bits per heavy atom. The van der Waals surface area contributed by atoms with E-state index in [1.807, 2.05) is 36.4 Å². The average Bonchev–Trinajstić information content (AvgIpc) is 2.99. The second-order valence-corrected chi connectivity index (χ2v) is 5.57. The molecule has 3 aromatic rings. The second-order valence-electron chi connectivity index (χ2n) is 4.79. The van der Waals surface area contributed by atoms with Crippen molar-refractivity contribution in [2.45, 2.75) is 0 Å². The summed E-state index contributed by atoms with van der Waals surface area (Å²) in [5.74, 6) is -1.07. The molecule has 3 rings (SSSR count). The summed E-state index contributed by atoms with van der Waals surface area (Å²) < 4.78 is 10.4. The van der Waals surface area contributed by atoms with E-state index in [0.717, 1.165) is 10.8 Å². The van der Waals surface area contributed by atoms with Crippen molar-refractivity contribution in [3.05, 3.63) is 65.0 Å². The molecule has 0 saturated heterocycles. The molecule has 0 bridgehead atoms.